The second kappa shape index (κ2) is 11.3. The van der Waals surface area contributed by atoms with Gasteiger partial charge in [0.25, 0.3) is 0 Å². The smallest absolute Gasteiger partial charge is 0.191 e. The van der Waals surface area contributed by atoms with Crippen LogP contribution in [0.25, 0.3) is 0 Å². The molecule has 29 heavy (non-hydrogen) atoms. The highest BCUT2D eigenvalue weighted by Gasteiger charge is 2.24. The average molecular weight is 405 g/mol. The number of methoxy groups -OCH3 is 2. The predicted octanol–water partition coefficient (Wildman–Crippen LogP) is 2.57. The molecule has 1 heterocycles. The van der Waals surface area contributed by atoms with Gasteiger partial charge in [0.2, 0.25) is 0 Å². The summed E-state index contributed by atoms with van der Waals surface area (Å²) in [6.45, 7) is 4.12. The van der Waals surface area contributed by atoms with Crippen LogP contribution in [-0.2, 0) is 4.74 Å². The summed E-state index contributed by atoms with van der Waals surface area (Å²) in [6.07, 6.45) is 6.41. The maximum absolute atomic E-state index is 5.57. The lowest BCUT2D eigenvalue weighted by Crippen LogP contribution is -2.48. The largest absolute Gasteiger partial charge is 0.493 e. The molecule has 1 atom stereocenters. The highest BCUT2D eigenvalue weighted by atomic mass is 16.5. The lowest BCUT2D eigenvalue weighted by molar-refractivity contribution is 0.0169. The van der Waals surface area contributed by atoms with Gasteiger partial charge in [-0.3, -0.25) is 9.89 Å². The van der Waals surface area contributed by atoms with Crippen molar-refractivity contribution in [1.82, 2.24) is 15.5 Å². The molecule has 2 fully saturated rings. The van der Waals surface area contributed by atoms with Crippen molar-refractivity contribution in [3.63, 3.8) is 0 Å². The highest BCUT2D eigenvalue weighted by Crippen LogP contribution is 2.32. The quantitative estimate of drug-likeness (QED) is 0.538. The van der Waals surface area contributed by atoms with Gasteiger partial charge in [0.05, 0.1) is 33.5 Å². The van der Waals surface area contributed by atoms with E-state index in [1.165, 1.54) is 37.7 Å². The second-order valence-corrected chi connectivity index (χ2v) is 7.71. The monoisotopic (exact) mass is 404 g/mol. The number of guanidine groups is 1. The van der Waals surface area contributed by atoms with Crippen molar-refractivity contribution in [3.05, 3.63) is 23.8 Å². The zero-order chi connectivity index (χ0) is 20.5. The van der Waals surface area contributed by atoms with E-state index in [-0.39, 0.29) is 6.04 Å². The number of benzene rings is 1. The molecule has 2 aliphatic rings. The van der Waals surface area contributed by atoms with Crippen LogP contribution >= 0.6 is 0 Å². The first-order chi connectivity index (χ1) is 14.2. The fraction of sp³-hybridized carbons (Fsp3) is 0.682. The third kappa shape index (κ3) is 6.00. The van der Waals surface area contributed by atoms with Crippen molar-refractivity contribution in [2.24, 2.45) is 4.99 Å². The fourth-order valence-corrected chi connectivity index (χ4v) is 4.24. The van der Waals surface area contributed by atoms with E-state index in [0.29, 0.717) is 6.04 Å². The van der Waals surface area contributed by atoms with Gasteiger partial charge in [0, 0.05) is 32.7 Å². The highest BCUT2D eigenvalue weighted by molar-refractivity contribution is 5.80. The van der Waals surface area contributed by atoms with Crippen molar-refractivity contribution < 1.29 is 14.2 Å². The number of aliphatic imine (C=N–C) groups is 1. The van der Waals surface area contributed by atoms with E-state index < -0.39 is 0 Å². The molecular formula is C22H36N4O3. The van der Waals surface area contributed by atoms with E-state index in [1.54, 1.807) is 14.2 Å². The first-order valence-corrected chi connectivity index (χ1v) is 10.8. The minimum atomic E-state index is 0.198. The van der Waals surface area contributed by atoms with E-state index in [1.807, 2.05) is 13.1 Å². The summed E-state index contributed by atoms with van der Waals surface area (Å²) in [6, 6.07) is 6.91. The van der Waals surface area contributed by atoms with Gasteiger partial charge in [0.1, 0.15) is 0 Å². The molecule has 1 saturated carbocycles. The maximum Gasteiger partial charge on any atom is 0.191 e. The summed E-state index contributed by atoms with van der Waals surface area (Å²) in [5.41, 5.74) is 1.20. The van der Waals surface area contributed by atoms with Crippen LogP contribution < -0.4 is 20.1 Å². The van der Waals surface area contributed by atoms with Crippen LogP contribution in [0, 0.1) is 0 Å². The summed E-state index contributed by atoms with van der Waals surface area (Å²) in [5, 5.41) is 7.17. The lowest BCUT2D eigenvalue weighted by Gasteiger charge is -2.35. The van der Waals surface area contributed by atoms with Gasteiger partial charge in [-0.1, -0.05) is 25.3 Å². The van der Waals surface area contributed by atoms with Crippen molar-refractivity contribution in [1.29, 1.82) is 0 Å². The van der Waals surface area contributed by atoms with Gasteiger partial charge in [-0.15, -0.1) is 0 Å². The second-order valence-electron chi connectivity index (χ2n) is 7.71. The Morgan fingerprint density at radius 2 is 1.86 bits per heavy atom. The molecule has 0 amide bonds. The van der Waals surface area contributed by atoms with Gasteiger partial charge in [-0.25, -0.2) is 0 Å². The molecule has 162 valence electrons. The van der Waals surface area contributed by atoms with Crippen molar-refractivity contribution >= 4 is 5.96 Å². The molecule has 0 spiro atoms. The number of rotatable bonds is 7. The van der Waals surface area contributed by atoms with Crippen LogP contribution in [0.1, 0.15) is 43.7 Å². The summed E-state index contributed by atoms with van der Waals surface area (Å²) < 4.78 is 16.5. The van der Waals surface area contributed by atoms with Crippen LogP contribution in [0.3, 0.4) is 0 Å². The number of hydrogen-bond donors (Lipinski definition) is 2. The molecular weight excluding hydrogens is 368 g/mol. The molecule has 1 aromatic rings. The predicted molar refractivity (Wildman–Crippen MR) is 116 cm³/mol. The Balaban J connectivity index is 1.71. The average Bonchev–Trinajstić information content (AvgIpc) is 2.79. The fourth-order valence-electron chi connectivity index (χ4n) is 4.24. The van der Waals surface area contributed by atoms with Gasteiger partial charge < -0.3 is 24.8 Å². The first-order valence-electron chi connectivity index (χ1n) is 10.8. The van der Waals surface area contributed by atoms with Crippen LogP contribution in [0.4, 0.5) is 0 Å². The van der Waals surface area contributed by atoms with Crippen LogP contribution in [-0.4, -0.2) is 71.0 Å². The number of ether oxygens (including phenoxy) is 3. The topological polar surface area (TPSA) is 67.4 Å². The van der Waals surface area contributed by atoms with Gasteiger partial charge in [-0.2, -0.15) is 0 Å². The molecule has 3 rings (SSSR count). The van der Waals surface area contributed by atoms with E-state index in [9.17, 15) is 0 Å². The summed E-state index contributed by atoms with van der Waals surface area (Å²) >= 11 is 0. The van der Waals surface area contributed by atoms with Gasteiger partial charge >= 0.3 is 0 Å². The number of nitrogens with one attached hydrogen (secondary N) is 2. The zero-order valence-electron chi connectivity index (χ0n) is 18.1. The Morgan fingerprint density at radius 1 is 1.14 bits per heavy atom. The normalized spacial score (nSPS) is 20.2. The van der Waals surface area contributed by atoms with Gasteiger partial charge in [-0.05, 0) is 30.5 Å². The number of morpholine rings is 1. The Morgan fingerprint density at radius 3 is 2.52 bits per heavy atom. The third-order valence-corrected chi connectivity index (χ3v) is 5.91. The van der Waals surface area contributed by atoms with Crippen molar-refractivity contribution in [3.8, 4) is 11.5 Å². The van der Waals surface area contributed by atoms with Gasteiger partial charge in [0.15, 0.2) is 17.5 Å². The molecule has 2 N–H and O–H groups in total. The molecule has 1 aromatic carbocycles. The van der Waals surface area contributed by atoms with Crippen molar-refractivity contribution in [2.45, 2.75) is 44.2 Å². The van der Waals surface area contributed by atoms with Crippen LogP contribution in [0.15, 0.2) is 23.2 Å². The van der Waals surface area contributed by atoms with E-state index >= 15 is 0 Å². The zero-order valence-corrected chi connectivity index (χ0v) is 18.1. The number of nitrogens with zero attached hydrogens (tertiary/aromatic N) is 2. The summed E-state index contributed by atoms with van der Waals surface area (Å²) in [5.74, 6) is 2.39. The molecule has 1 aliphatic carbocycles. The van der Waals surface area contributed by atoms with E-state index in [2.05, 4.69) is 32.7 Å². The molecule has 0 radical (unpaired) electrons. The SMILES string of the molecule is CN=C(NCC(c1ccc(OC)c(OC)c1)N1CCOCC1)NC1CCCCC1. The first kappa shape index (κ1) is 21.7. The Hall–Kier alpha value is -1.99. The molecule has 0 aromatic heterocycles. The third-order valence-electron chi connectivity index (χ3n) is 5.91. The summed E-state index contributed by atoms with van der Waals surface area (Å²) in [7, 11) is 5.19. The minimum absolute atomic E-state index is 0.198. The molecule has 7 heteroatoms. The Kier molecular flexibility index (Phi) is 8.43. The van der Waals surface area contributed by atoms with Crippen molar-refractivity contribution in [2.75, 3.05) is 54.1 Å². The lowest BCUT2D eigenvalue weighted by atomic mass is 9.96. The molecule has 7 nitrogen and oxygen atoms in total. The maximum atomic E-state index is 5.57. The molecule has 1 unspecified atom stereocenters. The minimum Gasteiger partial charge on any atom is -0.493 e. The van der Waals surface area contributed by atoms with Crippen LogP contribution in [0.2, 0.25) is 0 Å². The van der Waals surface area contributed by atoms with Crippen LogP contribution in [0.5, 0.6) is 11.5 Å². The molecule has 0 bridgehead atoms. The number of hydrogen-bond acceptors (Lipinski definition) is 5. The van der Waals surface area contributed by atoms with E-state index in [0.717, 1.165) is 50.3 Å². The summed E-state index contributed by atoms with van der Waals surface area (Å²) in [4.78, 5) is 6.92. The Bertz CT molecular complexity index is 655. The van der Waals surface area contributed by atoms with E-state index in [4.69, 9.17) is 14.2 Å². The Labute approximate surface area is 174 Å². The standard InChI is InChI=1S/C22H36N4O3/c1-23-22(25-18-7-5-4-6-8-18)24-16-19(26-11-13-29-14-12-26)17-9-10-20(27-2)21(15-17)28-3/h9-10,15,18-19H,4-8,11-14,16H2,1-3H3,(H2,23,24,25). The molecule has 1 aliphatic heterocycles. The molecule has 1 saturated heterocycles.